The lowest BCUT2D eigenvalue weighted by Gasteiger charge is -2.42. The van der Waals surface area contributed by atoms with Crippen LogP contribution < -0.4 is 16.2 Å². The van der Waals surface area contributed by atoms with E-state index in [0.717, 1.165) is 38.3 Å². The molecule has 0 amide bonds. The molecule has 1 aliphatic heterocycles. The number of H-pyrrole nitrogens is 1. The number of aromatic nitrogens is 2. The van der Waals surface area contributed by atoms with Crippen LogP contribution in [-0.2, 0) is 0 Å². The lowest BCUT2D eigenvalue weighted by atomic mass is 9.74. The first-order valence-corrected chi connectivity index (χ1v) is 7.07. The normalized spacial score (nSPS) is 29.9. The molecule has 2 fully saturated rings. The lowest BCUT2D eigenvalue weighted by molar-refractivity contribution is 0.192. The molecule has 5 heteroatoms. The summed E-state index contributed by atoms with van der Waals surface area (Å²) in [5.41, 5.74) is 6.49. The maximum absolute atomic E-state index is 11.7. The monoisotopic (exact) mass is 261 g/mol. The smallest absolute Gasteiger partial charge is 0.291 e. The minimum Gasteiger partial charge on any atom is -0.352 e. The van der Waals surface area contributed by atoms with Crippen LogP contribution >= 0.6 is 0 Å². The number of hydrogen-bond donors (Lipinski definition) is 2. The van der Waals surface area contributed by atoms with E-state index in [2.05, 4.69) is 28.0 Å². The van der Waals surface area contributed by atoms with Gasteiger partial charge < -0.3 is 15.6 Å². The molecule has 0 bridgehead atoms. The van der Waals surface area contributed by atoms with E-state index in [1.54, 1.807) is 0 Å². The number of piperidine rings is 1. The topological polar surface area (TPSA) is 75.0 Å². The van der Waals surface area contributed by atoms with Gasteiger partial charge in [-0.1, -0.05) is 6.92 Å². The molecule has 0 aromatic carbocycles. The maximum Gasteiger partial charge on any atom is 0.291 e. The van der Waals surface area contributed by atoms with E-state index in [4.69, 9.17) is 5.73 Å². The molecule has 0 unspecified atom stereocenters. The Bertz CT molecular complexity index is 504. The van der Waals surface area contributed by atoms with Crippen molar-refractivity contribution in [3.8, 4) is 0 Å². The summed E-state index contributed by atoms with van der Waals surface area (Å²) in [6.07, 6.45) is 8.63. The van der Waals surface area contributed by atoms with Gasteiger partial charge in [0.05, 0.1) is 12.4 Å². The van der Waals surface area contributed by atoms with Gasteiger partial charge in [-0.15, -0.1) is 0 Å². The summed E-state index contributed by atoms with van der Waals surface area (Å²) in [4.78, 5) is 20.5. The third kappa shape index (κ3) is 2.16. The van der Waals surface area contributed by atoms with Crippen LogP contribution in [-0.4, -0.2) is 29.1 Å². The fourth-order valence-corrected chi connectivity index (χ4v) is 3.88. The summed E-state index contributed by atoms with van der Waals surface area (Å²) >= 11 is 0. The summed E-state index contributed by atoms with van der Waals surface area (Å²) in [5.74, 6) is 1.25. The quantitative estimate of drug-likeness (QED) is 0.788. The van der Waals surface area contributed by atoms with Crippen LogP contribution in [0.25, 0.3) is 0 Å². The highest BCUT2D eigenvalue weighted by Crippen LogP contribution is 2.48. The maximum atomic E-state index is 11.7. The second kappa shape index (κ2) is 4.63. The van der Waals surface area contributed by atoms with Gasteiger partial charge in [0.1, 0.15) is 0 Å². The third-order valence-electron chi connectivity index (χ3n) is 4.90. The van der Waals surface area contributed by atoms with Gasteiger partial charge in [0.25, 0.3) is 5.56 Å². The molecule has 2 atom stereocenters. The van der Waals surface area contributed by atoms with Crippen LogP contribution in [0.1, 0.15) is 32.6 Å². The molecule has 1 saturated carbocycles. The molecule has 2 aliphatic rings. The second-order valence-corrected chi connectivity index (χ2v) is 6.18. The van der Waals surface area contributed by atoms with E-state index >= 15 is 0 Å². The first-order chi connectivity index (χ1) is 9.11. The minimum atomic E-state index is -0.150. The predicted octanol–water partition coefficient (Wildman–Crippen LogP) is 0.914. The Labute approximate surface area is 113 Å². The molecule has 1 aliphatic carbocycles. The number of anilines is 1. The van der Waals surface area contributed by atoms with Gasteiger partial charge in [0, 0.05) is 19.1 Å². The summed E-state index contributed by atoms with van der Waals surface area (Å²) in [6, 6.07) is 0.319. The number of nitrogens with two attached hydrogens (primary N) is 1. The molecule has 3 N–H and O–H groups in total. The molecule has 3 rings (SSSR count). The van der Waals surface area contributed by atoms with Gasteiger partial charge in [-0.2, -0.15) is 0 Å². The Balaban J connectivity index is 1.74. The molecular weight excluding hydrogens is 240 g/mol. The molecule has 1 aromatic rings. The van der Waals surface area contributed by atoms with Crippen molar-refractivity contribution in [2.75, 3.05) is 18.0 Å². The zero-order valence-corrected chi connectivity index (χ0v) is 11.4. The second-order valence-electron chi connectivity index (χ2n) is 6.18. The van der Waals surface area contributed by atoms with Crippen LogP contribution in [0.2, 0.25) is 0 Å². The summed E-state index contributed by atoms with van der Waals surface area (Å²) in [6.45, 7) is 4.04. The van der Waals surface area contributed by atoms with E-state index in [1.165, 1.54) is 12.6 Å². The van der Waals surface area contributed by atoms with Crippen LogP contribution in [0.3, 0.4) is 0 Å². The van der Waals surface area contributed by atoms with Crippen molar-refractivity contribution < 1.29 is 0 Å². The van der Waals surface area contributed by atoms with Crippen molar-refractivity contribution >= 4 is 5.82 Å². The Kier molecular flexibility index (Phi) is 3.09. The average Bonchev–Trinajstić information content (AvgIpc) is 2.66. The highest BCUT2D eigenvalue weighted by molar-refractivity contribution is 5.36. The molecule has 1 aromatic heterocycles. The van der Waals surface area contributed by atoms with Crippen molar-refractivity contribution in [3.05, 3.63) is 22.7 Å². The Morgan fingerprint density at radius 1 is 1.53 bits per heavy atom. The zero-order chi connectivity index (χ0) is 13.5. The van der Waals surface area contributed by atoms with E-state index in [0.29, 0.717) is 17.3 Å². The molecule has 1 radical (unpaired) electrons. The molecule has 2 heterocycles. The number of hydrogen-bond acceptors (Lipinski definition) is 4. The van der Waals surface area contributed by atoms with Crippen LogP contribution in [0.5, 0.6) is 0 Å². The van der Waals surface area contributed by atoms with Gasteiger partial charge in [-0.3, -0.25) is 4.79 Å². The number of rotatable bonds is 1. The van der Waals surface area contributed by atoms with E-state index in [1.807, 2.05) is 0 Å². The van der Waals surface area contributed by atoms with Crippen LogP contribution in [0, 0.1) is 17.5 Å². The summed E-state index contributed by atoms with van der Waals surface area (Å²) in [5, 5.41) is 0. The molecular formula is C14H21N4O. The van der Waals surface area contributed by atoms with Gasteiger partial charge in [0.2, 0.25) is 0 Å². The van der Waals surface area contributed by atoms with Crippen molar-refractivity contribution in [2.45, 2.75) is 38.6 Å². The third-order valence-corrected chi connectivity index (χ3v) is 4.90. The number of nitrogens with zero attached hydrogens (tertiary/aromatic N) is 2. The molecule has 1 spiro atoms. The van der Waals surface area contributed by atoms with Crippen LogP contribution in [0.15, 0.2) is 11.0 Å². The SMILES string of the molecule is C[C@H]1C[C@@H](N)C2(CCN(c3nc[c][nH]c3=O)CC2)C1. The van der Waals surface area contributed by atoms with E-state index < -0.39 is 0 Å². The van der Waals surface area contributed by atoms with Crippen LogP contribution in [0.4, 0.5) is 5.82 Å². The fraction of sp³-hybridized carbons (Fsp3) is 0.714. The van der Waals surface area contributed by atoms with E-state index in [-0.39, 0.29) is 5.56 Å². The Morgan fingerprint density at radius 2 is 2.26 bits per heavy atom. The first kappa shape index (κ1) is 12.7. The van der Waals surface area contributed by atoms with Gasteiger partial charge in [0.15, 0.2) is 5.82 Å². The van der Waals surface area contributed by atoms with Crippen molar-refractivity contribution in [1.29, 1.82) is 0 Å². The van der Waals surface area contributed by atoms with Crippen molar-refractivity contribution in [1.82, 2.24) is 9.97 Å². The number of aromatic amines is 1. The Morgan fingerprint density at radius 3 is 2.84 bits per heavy atom. The standard InChI is InChI=1S/C14H21N4O/c1-10-8-11(15)14(9-10)2-6-18(7-3-14)12-13(19)17-5-4-16-12/h4,10-11H,2-3,6-9,15H2,1H3,(H,17,19)/t10-,11+/m0/s1. The van der Waals surface area contributed by atoms with Gasteiger partial charge >= 0.3 is 0 Å². The van der Waals surface area contributed by atoms with Crippen molar-refractivity contribution in [2.24, 2.45) is 17.1 Å². The van der Waals surface area contributed by atoms with Gasteiger partial charge in [-0.05, 0) is 37.0 Å². The molecule has 1 saturated heterocycles. The lowest BCUT2D eigenvalue weighted by Crippen LogP contribution is -2.48. The Hall–Kier alpha value is -1.36. The summed E-state index contributed by atoms with van der Waals surface area (Å²) in [7, 11) is 0. The first-order valence-electron chi connectivity index (χ1n) is 7.07. The van der Waals surface area contributed by atoms with Gasteiger partial charge in [-0.25, -0.2) is 4.98 Å². The minimum absolute atomic E-state index is 0.150. The molecule has 19 heavy (non-hydrogen) atoms. The fourth-order valence-electron chi connectivity index (χ4n) is 3.88. The molecule has 5 nitrogen and oxygen atoms in total. The number of nitrogens with one attached hydrogen (secondary N) is 1. The summed E-state index contributed by atoms with van der Waals surface area (Å²) < 4.78 is 0. The largest absolute Gasteiger partial charge is 0.352 e. The predicted molar refractivity (Wildman–Crippen MR) is 73.9 cm³/mol. The average molecular weight is 261 g/mol. The van der Waals surface area contributed by atoms with E-state index in [9.17, 15) is 4.79 Å². The molecule has 103 valence electrons. The highest BCUT2D eigenvalue weighted by atomic mass is 16.1. The van der Waals surface area contributed by atoms with Crippen molar-refractivity contribution in [3.63, 3.8) is 0 Å². The zero-order valence-electron chi connectivity index (χ0n) is 11.4. The highest BCUT2D eigenvalue weighted by Gasteiger charge is 2.45.